The first kappa shape index (κ1) is 22.5. The van der Waals surface area contributed by atoms with Crippen LogP contribution in [-0.2, 0) is 19.6 Å². The van der Waals surface area contributed by atoms with Gasteiger partial charge < -0.3 is 15.5 Å². The van der Waals surface area contributed by atoms with Crippen molar-refractivity contribution in [1.82, 2.24) is 10.0 Å². The van der Waals surface area contributed by atoms with Gasteiger partial charge in [-0.05, 0) is 38.0 Å². The summed E-state index contributed by atoms with van der Waals surface area (Å²) >= 11 is 0. The Bertz CT molecular complexity index is 989. The average molecular weight is 420 g/mol. The number of carbonyl (C=O) groups is 2. The molecule has 0 saturated heterocycles. The van der Waals surface area contributed by atoms with Gasteiger partial charge in [0, 0.05) is 0 Å². The van der Waals surface area contributed by atoms with Crippen LogP contribution in [0.15, 0.2) is 59.5 Å². The van der Waals surface area contributed by atoms with E-state index in [0.717, 1.165) is 0 Å². The Labute approximate surface area is 169 Å². The molecule has 2 aromatic rings. The number of hydrogen-bond donors (Lipinski definition) is 4. The minimum Gasteiger partial charge on any atom is -0.480 e. The van der Waals surface area contributed by atoms with Gasteiger partial charge in [0.15, 0.2) is 6.10 Å². The molecule has 2 aromatic carbocycles. The molecule has 2 rings (SSSR count). The lowest BCUT2D eigenvalue weighted by molar-refractivity contribution is -0.148. The number of aliphatic hydroxyl groups is 1. The third kappa shape index (κ3) is 5.41. The highest BCUT2D eigenvalue weighted by Gasteiger charge is 2.36. The van der Waals surface area contributed by atoms with Crippen molar-refractivity contribution in [3.05, 3.63) is 65.7 Å². The van der Waals surface area contributed by atoms with Crippen LogP contribution in [0.4, 0.5) is 0 Å². The van der Waals surface area contributed by atoms with Crippen molar-refractivity contribution >= 4 is 21.9 Å². The van der Waals surface area contributed by atoms with Crippen molar-refractivity contribution in [2.75, 3.05) is 0 Å². The Balaban J connectivity index is 2.40. The second-order valence-corrected chi connectivity index (χ2v) is 8.82. The molecule has 2 atom stereocenters. The van der Waals surface area contributed by atoms with Gasteiger partial charge in [-0.15, -0.1) is 0 Å². The van der Waals surface area contributed by atoms with Crippen molar-refractivity contribution < 1.29 is 28.2 Å². The average Bonchev–Trinajstić information content (AvgIpc) is 2.66. The van der Waals surface area contributed by atoms with Gasteiger partial charge in [0.1, 0.15) is 5.54 Å². The zero-order valence-electron chi connectivity index (χ0n) is 16.3. The number of nitrogens with one attached hydrogen (secondary N) is 2. The van der Waals surface area contributed by atoms with Crippen LogP contribution in [0, 0.1) is 6.92 Å². The van der Waals surface area contributed by atoms with Crippen molar-refractivity contribution in [1.29, 1.82) is 0 Å². The zero-order chi connectivity index (χ0) is 21.8. The van der Waals surface area contributed by atoms with E-state index in [-0.39, 0.29) is 4.90 Å². The van der Waals surface area contributed by atoms with Crippen LogP contribution in [0.2, 0.25) is 0 Å². The number of carboxylic acids is 1. The van der Waals surface area contributed by atoms with Gasteiger partial charge in [-0.25, -0.2) is 17.9 Å². The predicted octanol–water partition coefficient (Wildman–Crippen LogP) is 1.35. The molecule has 9 heteroatoms. The fourth-order valence-corrected chi connectivity index (χ4v) is 4.13. The van der Waals surface area contributed by atoms with E-state index >= 15 is 0 Å². The number of aliphatic carboxylic acids is 1. The summed E-state index contributed by atoms with van der Waals surface area (Å²) in [6.45, 7) is 4.15. The van der Waals surface area contributed by atoms with Gasteiger partial charge in [-0.3, -0.25) is 4.79 Å². The third-order valence-electron chi connectivity index (χ3n) is 4.38. The molecule has 1 amide bonds. The van der Waals surface area contributed by atoms with Gasteiger partial charge in [-0.2, -0.15) is 0 Å². The van der Waals surface area contributed by atoms with Crippen LogP contribution >= 0.6 is 0 Å². The highest BCUT2D eigenvalue weighted by molar-refractivity contribution is 7.89. The maximum absolute atomic E-state index is 12.9. The molecule has 0 fully saturated rings. The molecule has 0 aromatic heterocycles. The second kappa shape index (κ2) is 8.73. The highest BCUT2D eigenvalue weighted by atomic mass is 32.2. The Kier molecular flexibility index (Phi) is 6.78. The summed E-state index contributed by atoms with van der Waals surface area (Å²) in [5.41, 5.74) is -0.799. The number of amides is 1. The number of rotatable bonds is 8. The smallest absolute Gasteiger partial charge is 0.328 e. The van der Waals surface area contributed by atoms with E-state index in [1.54, 1.807) is 55.5 Å². The molecule has 0 radical (unpaired) electrons. The first-order valence-corrected chi connectivity index (χ1v) is 10.3. The van der Waals surface area contributed by atoms with Crippen LogP contribution < -0.4 is 10.0 Å². The molecule has 0 heterocycles. The predicted molar refractivity (Wildman–Crippen MR) is 107 cm³/mol. The van der Waals surface area contributed by atoms with Gasteiger partial charge in [0.25, 0.3) is 5.91 Å². The fourth-order valence-electron chi connectivity index (χ4n) is 2.65. The van der Waals surface area contributed by atoms with Crippen molar-refractivity contribution in [3.8, 4) is 0 Å². The Morgan fingerprint density at radius 3 is 2.10 bits per heavy atom. The highest BCUT2D eigenvalue weighted by Crippen LogP contribution is 2.23. The molecule has 0 spiro atoms. The van der Waals surface area contributed by atoms with E-state index in [0.29, 0.717) is 11.1 Å². The molecule has 4 N–H and O–H groups in total. The number of carbonyl (C=O) groups excluding carboxylic acids is 1. The monoisotopic (exact) mass is 420 g/mol. The first-order valence-electron chi connectivity index (χ1n) is 8.82. The lowest BCUT2D eigenvalue weighted by atomic mass is 10.00. The van der Waals surface area contributed by atoms with E-state index in [4.69, 9.17) is 0 Å². The summed E-state index contributed by atoms with van der Waals surface area (Å²) in [5, 5.41) is 22.0. The fraction of sp³-hybridized carbons (Fsp3) is 0.300. The summed E-state index contributed by atoms with van der Waals surface area (Å²) in [5.74, 6) is -2.31. The summed E-state index contributed by atoms with van der Waals surface area (Å²) < 4.78 is 28.2. The van der Waals surface area contributed by atoms with Gasteiger partial charge >= 0.3 is 5.97 Å². The standard InChI is InChI=1S/C20H24N2O6S/c1-13-9-7-8-12-15(13)29(27,28)22-16(14-10-5-4-6-11-14)17(23)18(24)21-20(2,3)19(25)26/h4-12,16-17,22-23H,1-3H3,(H,21,24)(H,25,26). The number of hydrogen-bond acceptors (Lipinski definition) is 5. The van der Waals surface area contributed by atoms with E-state index < -0.39 is 39.6 Å². The molecule has 156 valence electrons. The first-order chi connectivity index (χ1) is 13.5. The minimum atomic E-state index is -4.08. The lowest BCUT2D eigenvalue weighted by Crippen LogP contribution is -2.55. The van der Waals surface area contributed by atoms with Crippen LogP contribution in [0.25, 0.3) is 0 Å². The van der Waals surface area contributed by atoms with Crippen LogP contribution in [0.1, 0.15) is 31.0 Å². The van der Waals surface area contributed by atoms with Crippen molar-refractivity contribution in [3.63, 3.8) is 0 Å². The van der Waals surface area contributed by atoms with Gasteiger partial charge in [-0.1, -0.05) is 48.5 Å². The third-order valence-corrected chi connectivity index (χ3v) is 5.98. The molecule has 0 aliphatic heterocycles. The van der Waals surface area contributed by atoms with Crippen LogP contribution in [0.5, 0.6) is 0 Å². The minimum absolute atomic E-state index is 0.0133. The van der Waals surface area contributed by atoms with E-state index in [1.165, 1.54) is 19.9 Å². The maximum atomic E-state index is 12.9. The molecule has 0 bridgehead atoms. The van der Waals surface area contributed by atoms with E-state index in [9.17, 15) is 28.2 Å². The topological polar surface area (TPSA) is 133 Å². The molecule has 0 aliphatic rings. The second-order valence-electron chi connectivity index (χ2n) is 7.14. The largest absolute Gasteiger partial charge is 0.480 e. The molecule has 0 aliphatic carbocycles. The molecule has 8 nitrogen and oxygen atoms in total. The van der Waals surface area contributed by atoms with E-state index in [1.807, 2.05) is 0 Å². The summed E-state index contributed by atoms with van der Waals surface area (Å²) in [6.07, 6.45) is -1.87. The SMILES string of the molecule is Cc1ccccc1S(=O)(=O)NC(c1ccccc1)C(O)C(=O)NC(C)(C)C(=O)O. The molecular weight excluding hydrogens is 396 g/mol. The summed E-state index contributed by atoms with van der Waals surface area (Å²) in [4.78, 5) is 23.8. The maximum Gasteiger partial charge on any atom is 0.328 e. The number of carboxylic acid groups (broad SMARTS) is 1. The van der Waals surface area contributed by atoms with E-state index in [2.05, 4.69) is 10.0 Å². The number of benzene rings is 2. The Morgan fingerprint density at radius 2 is 1.55 bits per heavy atom. The Hall–Kier alpha value is -2.75. The summed E-state index contributed by atoms with van der Waals surface area (Å²) in [7, 11) is -4.08. The number of aliphatic hydroxyl groups excluding tert-OH is 1. The number of aryl methyl sites for hydroxylation is 1. The molecular formula is C20H24N2O6S. The quantitative estimate of drug-likeness (QED) is 0.510. The molecule has 0 saturated carbocycles. The van der Waals surface area contributed by atoms with Crippen LogP contribution in [-0.4, -0.2) is 42.2 Å². The lowest BCUT2D eigenvalue weighted by Gasteiger charge is -2.28. The molecule has 2 unspecified atom stereocenters. The Morgan fingerprint density at radius 1 is 1.00 bits per heavy atom. The van der Waals surface area contributed by atoms with Gasteiger partial charge in [0.2, 0.25) is 10.0 Å². The van der Waals surface area contributed by atoms with Crippen LogP contribution in [0.3, 0.4) is 0 Å². The van der Waals surface area contributed by atoms with Crippen molar-refractivity contribution in [2.45, 2.75) is 43.4 Å². The number of sulfonamides is 1. The summed E-state index contributed by atoms with van der Waals surface area (Å²) in [6, 6.07) is 13.1. The zero-order valence-corrected chi connectivity index (χ0v) is 17.1. The molecule has 29 heavy (non-hydrogen) atoms. The van der Waals surface area contributed by atoms with Gasteiger partial charge in [0.05, 0.1) is 10.9 Å². The van der Waals surface area contributed by atoms with Crippen molar-refractivity contribution in [2.24, 2.45) is 0 Å². The normalized spacial score (nSPS) is 14.1.